The Hall–Kier alpha value is -2.00. The van der Waals surface area contributed by atoms with Crippen LogP contribution >= 0.6 is 0 Å². The summed E-state index contributed by atoms with van der Waals surface area (Å²) in [4.78, 5) is 24.3. The van der Waals surface area contributed by atoms with E-state index in [1.54, 1.807) is 0 Å². The Balaban J connectivity index is 2.20. The molecular weight excluding hydrogens is 315 g/mol. The van der Waals surface area contributed by atoms with Gasteiger partial charge in [0.1, 0.15) is 17.1 Å². The fourth-order valence-corrected chi connectivity index (χ4v) is 3.14. The van der Waals surface area contributed by atoms with Crippen LogP contribution in [0.4, 0.5) is 4.39 Å². The van der Waals surface area contributed by atoms with Gasteiger partial charge in [0, 0.05) is 19.4 Å². The number of carboxylic acids is 1. The third-order valence-corrected chi connectivity index (χ3v) is 4.84. The van der Waals surface area contributed by atoms with Crippen LogP contribution in [0.5, 0.6) is 0 Å². The first-order valence-corrected chi connectivity index (χ1v) is 8.07. The van der Waals surface area contributed by atoms with Crippen molar-refractivity contribution < 1.29 is 27.5 Å². The Morgan fingerprint density at radius 2 is 2.00 bits per heavy atom. The molecule has 1 amide bonds. The molecule has 7 nitrogen and oxygen atoms in total. The molecule has 0 spiro atoms. The van der Waals surface area contributed by atoms with E-state index in [2.05, 4.69) is 0 Å². The summed E-state index contributed by atoms with van der Waals surface area (Å²) in [6, 6.07) is 4.00. The van der Waals surface area contributed by atoms with Gasteiger partial charge in [0.2, 0.25) is 15.9 Å². The zero-order valence-corrected chi connectivity index (χ0v) is 12.3. The van der Waals surface area contributed by atoms with Crippen molar-refractivity contribution in [2.45, 2.75) is 24.1 Å². The zero-order valence-electron chi connectivity index (χ0n) is 11.5. The molecule has 2 atom stereocenters. The first-order chi connectivity index (χ1) is 10.2. The number of aliphatic carboxylic acids is 1. The number of rotatable bonds is 5. The summed E-state index contributed by atoms with van der Waals surface area (Å²) in [7, 11) is -3.91. The Kier molecular flexibility index (Phi) is 4.47. The van der Waals surface area contributed by atoms with Crippen molar-refractivity contribution in [2.24, 2.45) is 5.14 Å². The fraction of sp³-hybridized carbons (Fsp3) is 0.385. The van der Waals surface area contributed by atoms with Crippen molar-refractivity contribution in [3.8, 4) is 0 Å². The number of halogens is 1. The molecule has 120 valence electrons. The predicted molar refractivity (Wildman–Crippen MR) is 74.8 cm³/mol. The van der Waals surface area contributed by atoms with Gasteiger partial charge in [-0.2, -0.15) is 0 Å². The largest absolute Gasteiger partial charge is 0.480 e. The minimum Gasteiger partial charge on any atom is -0.480 e. The molecule has 2 rings (SSSR count). The van der Waals surface area contributed by atoms with Gasteiger partial charge in [-0.05, 0) is 17.7 Å². The molecule has 1 fully saturated rings. The first kappa shape index (κ1) is 16.4. The van der Waals surface area contributed by atoms with Crippen molar-refractivity contribution >= 4 is 21.9 Å². The number of sulfonamides is 1. The van der Waals surface area contributed by atoms with Crippen LogP contribution in [-0.2, 0) is 26.0 Å². The second kappa shape index (κ2) is 6.01. The minimum atomic E-state index is -3.91. The number of nitrogens with two attached hydrogens (primary N) is 1. The first-order valence-electron chi connectivity index (χ1n) is 6.47. The number of likely N-dealkylation sites (tertiary alicyclic amines) is 1. The molecule has 1 aliphatic rings. The topological polar surface area (TPSA) is 118 Å². The highest BCUT2D eigenvalue weighted by Gasteiger charge is 2.41. The van der Waals surface area contributed by atoms with Gasteiger partial charge in [-0.1, -0.05) is 12.1 Å². The molecule has 2 unspecified atom stereocenters. The van der Waals surface area contributed by atoms with Gasteiger partial charge in [-0.25, -0.2) is 22.7 Å². The smallest absolute Gasteiger partial charge is 0.326 e. The van der Waals surface area contributed by atoms with Gasteiger partial charge in [0.15, 0.2) is 0 Å². The van der Waals surface area contributed by atoms with E-state index in [9.17, 15) is 27.5 Å². The van der Waals surface area contributed by atoms with E-state index in [0.29, 0.717) is 5.56 Å². The molecule has 9 heteroatoms. The fourth-order valence-electron chi connectivity index (χ4n) is 2.39. The standard InChI is InChI=1S/C13H15FN2O5S/c14-9-3-1-8(2-4-9)5-11(13(18)19)16-7-10(6-12(16)17)22(15,20)21/h1-4,10-11H,5-7H2,(H,18,19)(H2,15,20,21). The maximum Gasteiger partial charge on any atom is 0.326 e. The molecular formula is C13H15FN2O5S. The Bertz CT molecular complexity index is 689. The van der Waals surface area contributed by atoms with E-state index in [-0.39, 0.29) is 19.4 Å². The second-order valence-electron chi connectivity index (χ2n) is 5.15. The summed E-state index contributed by atoms with van der Waals surface area (Å²) in [6.07, 6.45) is -0.370. The van der Waals surface area contributed by atoms with Gasteiger partial charge in [-0.15, -0.1) is 0 Å². The number of nitrogens with zero attached hydrogens (tertiary/aromatic N) is 1. The molecule has 3 N–H and O–H groups in total. The average Bonchev–Trinajstić information content (AvgIpc) is 2.79. The lowest BCUT2D eigenvalue weighted by Gasteiger charge is -2.24. The van der Waals surface area contributed by atoms with Gasteiger partial charge in [-0.3, -0.25) is 4.79 Å². The second-order valence-corrected chi connectivity index (χ2v) is 6.99. The number of primary sulfonamides is 1. The number of hydrogen-bond acceptors (Lipinski definition) is 4. The van der Waals surface area contributed by atoms with E-state index >= 15 is 0 Å². The molecule has 1 heterocycles. The summed E-state index contributed by atoms with van der Waals surface area (Å²) in [5.41, 5.74) is 0.528. The number of hydrogen-bond donors (Lipinski definition) is 2. The van der Waals surface area contributed by atoms with Crippen LogP contribution in [0.25, 0.3) is 0 Å². The lowest BCUT2D eigenvalue weighted by atomic mass is 10.0. The van der Waals surface area contributed by atoms with Gasteiger partial charge < -0.3 is 10.0 Å². The minimum absolute atomic E-state index is 0.0430. The third kappa shape index (κ3) is 3.60. The van der Waals surface area contributed by atoms with Crippen LogP contribution in [0.1, 0.15) is 12.0 Å². The van der Waals surface area contributed by atoms with Gasteiger partial charge >= 0.3 is 5.97 Å². The monoisotopic (exact) mass is 330 g/mol. The summed E-state index contributed by atoms with van der Waals surface area (Å²) in [5.74, 6) is -2.29. The highest BCUT2D eigenvalue weighted by molar-refractivity contribution is 7.89. The summed E-state index contributed by atoms with van der Waals surface area (Å²) in [5, 5.41) is 13.2. The third-order valence-electron chi connectivity index (χ3n) is 3.59. The normalized spacial score (nSPS) is 20.2. The number of carbonyl (C=O) groups excluding carboxylic acids is 1. The van der Waals surface area contributed by atoms with Crippen molar-refractivity contribution in [3.63, 3.8) is 0 Å². The highest BCUT2D eigenvalue weighted by atomic mass is 32.2. The molecule has 1 aliphatic heterocycles. The zero-order chi connectivity index (χ0) is 16.5. The Labute approximate surface area is 126 Å². The number of benzene rings is 1. The lowest BCUT2D eigenvalue weighted by Crippen LogP contribution is -2.44. The summed E-state index contributed by atoms with van der Waals surface area (Å²) >= 11 is 0. The molecule has 0 saturated carbocycles. The van der Waals surface area contributed by atoms with Crippen LogP contribution in [0.3, 0.4) is 0 Å². The van der Waals surface area contributed by atoms with E-state index in [1.165, 1.54) is 24.3 Å². The summed E-state index contributed by atoms with van der Waals surface area (Å²) in [6.45, 7) is -0.254. The molecule has 0 bridgehead atoms. The Morgan fingerprint density at radius 3 is 2.45 bits per heavy atom. The van der Waals surface area contributed by atoms with Gasteiger partial charge in [0.05, 0.1) is 0 Å². The van der Waals surface area contributed by atoms with Crippen molar-refractivity contribution in [1.29, 1.82) is 0 Å². The SMILES string of the molecule is NS(=O)(=O)C1CC(=O)N(C(Cc2ccc(F)cc2)C(=O)O)C1. The van der Waals surface area contributed by atoms with Crippen LogP contribution in [0, 0.1) is 5.82 Å². The van der Waals surface area contributed by atoms with Gasteiger partial charge in [0.25, 0.3) is 0 Å². The van der Waals surface area contributed by atoms with Crippen molar-refractivity contribution in [2.75, 3.05) is 6.54 Å². The van der Waals surface area contributed by atoms with E-state index in [4.69, 9.17) is 5.14 Å². The van der Waals surface area contributed by atoms with Crippen LogP contribution in [0.2, 0.25) is 0 Å². The molecule has 0 aliphatic carbocycles. The van der Waals surface area contributed by atoms with Crippen molar-refractivity contribution in [1.82, 2.24) is 4.90 Å². The maximum atomic E-state index is 12.9. The van der Waals surface area contributed by atoms with E-state index < -0.39 is 39.0 Å². The van der Waals surface area contributed by atoms with Crippen molar-refractivity contribution in [3.05, 3.63) is 35.6 Å². The molecule has 0 radical (unpaired) electrons. The van der Waals surface area contributed by atoms with E-state index in [1.807, 2.05) is 0 Å². The molecule has 1 saturated heterocycles. The molecule has 1 aromatic carbocycles. The maximum absolute atomic E-state index is 12.9. The molecule has 22 heavy (non-hydrogen) atoms. The quantitative estimate of drug-likeness (QED) is 0.769. The summed E-state index contributed by atoms with van der Waals surface area (Å²) < 4.78 is 35.5. The predicted octanol–water partition coefficient (Wildman–Crippen LogP) is -0.289. The number of carbonyl (C=O) groups is 2. The lowest BCUT2D eigenvalue weighted by molar-refractivity contribution is -0.148. The van der Waals surface area contributed by atoms with Crippen LogP contribution in [-0.4, -0.2) is 48.1 Å². The highest BCUT2D eigenvalue weighted by Crippen LogP contribution is 2.21. The Morgan fingerprint density at radius 1 is 1.41 bits per heavy atom. The number of carboxylic acid groups (broad SMARTS) is 1. The van der Waals surface area contributed by atoms with Crippen LogP contribution in [0.15, 0.2) is 24.3 Å². The number of amides is 1. The van der Waals surface area contributed by atoms with Crippen LogP contribution < -0.4 is 5.14 Å². The molecule has 0 aromatic heterocycles. The average molecular weight is 330 g/mol. The van der Waals surface area contributed by atoms with E-state index in [0.717, 1.165) is 4.90 Å². The molecule has 1 aromatic rings.